The third-order valence-electron chi connectivity index (χ3n) is 3.04. The van der Waals surface area contributed by atoms with Gasteiger partial charge in [-0.1, -0.05) is 32.3 Å². The van der Waals surface area contributed by atoms with Gasteiger partial charge in [0.25, 0.3) is 0 Å². The van der Waals surface area contributed by atoms with Crippen molar-refractivity contribution in [3.8, 4) is 0 Å². The molecule has 1 aromatic rings. The van der Waals surface area contributed by atoms with Crippen molar-refractivity contribution < 1.29 is 0 Å². The van der Waals surface area contributed by atoms with Gasteiger partial charge in [-0.25, -0.2) is 0 Å². The van der Waals surface area contributed by atoms with Crippen LogP contribution in [0.5, 0.6) is 0 Å². The molecule has 0 aliphatic carbocycles. The molecular formula is C14H26N2S. The van der Waals surface area contributed by atoms with E-state index in [9.17, 15) is 0 Å². The van der Waals surface area contributed by atoms with Crippen molar-refractivity contribution in [3.63, 3.8) is 0 Å². The molecule has 0 spiro atoms. The molecule has 98 valence electrons. The second-order valence-electron chi connectivity index (χ2n) is 4.76. The van der Waals surface area contributed by atoms with E-state index in [2.05, 4.69) is 48.7 Å². The monoisotopic (exact) mass is 254 g/mol. The van der Waals surface area contributed by atoms with Gasteiger partial charge in [-0.2, -0.15) is 0 Å². The maximum atomic E-state index is 3.58. The van der Waals surface area contributed by atoms with Crippen molar-refractivity contribution in [2.24, 2.45) is 0 Å². The highest BCUT2D eigenvalue weighted by Gasteiger charge is 2.13. The summed E-state index contributed by atoms with van der Waals surface area (Å²) in [5.74, 6) is 0. The highest BCUT2D eigenvalue weighted by atomic mass is 32.1. The fourth-order valence-electron chi connectivity index (χ4n) is 1.93. The average molecular weight is 254 g/mol. The van der Waals surface area contributed by atoms with Gasteiger partial charge in [-0.05, 0) is 38.5 Å². The van der Waals surface area contributed by atoms with E-state index in [1.165, 1.54) is 30.6 Å². The summed E-state index contributed by atoms with van der Waals surface area (Å²) in [4.78, 5) is 3.75. The Morgan fingerprint density at radius 2 is 2.12 bits per heavy atom. The number of hydrogen-bond donors (Lipinski definition) is 1. The molecule has 1 N–H and O–H groups in total. The minimum absolute atomic E-state index is 0.515. The Bertz CT molecular complexity index is 270. The Kier molecular flexibility index (Phi) is 7.49. The van der Waals surface area contributed by atoms with Crippen LogP contribution in [0.4, 0.5) is 0 Å². The molecule has 1 rings (SSSR count). The summed E-state index contributed by atoms with van der Waals surface area (Å²) in [6.45, 7) is 4.46. The second-order valence-corrected chi connectivity index (χ2v) is 5.74. The third kappa shape index (κ3) is 5.66. The zero-order valence-corrected chi connectivity index (χ0v) is 12.2. The van der Waals surface area contributed by atoms with Crippen LogP contribution in [0.1, 0.15) is 43.5 Å². The molecule has 2 nitrogen and oxygen atoms in total. The minimum atomic E-state index is 0.515. The van der Waals surface area contributed by atoms with Gasteiger partial charge < -0.3 is 10.2 Å². The van der Waals surface area contributed by atoms with Crippen LogP contribution in [-0.4, -0.2) is 32.1 Å². The van der Waals surface area contributed by atoms with Crippen molar-refractivity contribution in [2.45, 2.75) is 38.6 Å². The first-order valence-corrected chi connectivity index (χ1v) is 7.54. The first-order valence-electron chi connectivity index (χ1n) is 6.66. The molecule has 17 heavy (non-hydrogen) atoms. The van der Waals surface area contributed by atoms with Gasteiger partial charge in [-0.3, -0.25) is 0 Å². The largest absolute Gasteiger partial charge is 0.315 e. The van der Waals surface area contributed by atoms with Crippen LogP contribution in [0, 0.1) is 0 Å². The normalized spacial score (nSPS) is 13.2. The Morgan fingerprint density at radius 1 is 1.29 bits per heavy atom. The van der Waals surface area contributed by atoms with Crippen molar-refractivity contribution in [3.05, 3.63) is 22.4 Å². The van der Waals surface area contributed by atoms with Gasteiger partial charge in [-0.15, -0.1) is 11.3 Å². The molecule has 0 aliphatic heterocycles. The fourth-order valence-corrected chi connectivity index (χ4v) is 2.86. The average Bonchev–Trinajstić information content (AvgIpc) is 2.81. The Labute approximate surface area is 110 Å². The van der Waals surface area contributed by atoms with Crippen LogP contribution in [-0.2, 0) is 0 Å². The number of likely N-dealkylation sites (N-methyl/N-ethyl adjacent to an activating group) is 1. The van der Waals surface area contributed by atoms with Crippen LogP contribution in [0.25, 0.3) is 0 Å². The molecule has 0 fully saturated rings. The summed E-state index contributed by atoms with van der Waals surface area (Å²) in [7, 11) is 4.31. The molecule has 0 saturated carbocycles. The lowest BCUT2D eigenvalue weighted by Crippen LogP contribution is -2.31. The van der Waals surface area contributed by atoms with Crippen LogP contribution in [0.3, 0.4) is 0 Å². The lowest BCUT2D eigenvalue weighted by molar-refractivity contribution is 0.292. The summed E-state index contributed by atoms with van der Waals surface area (Å²) in [5, 5.41) is 5.74. The maximum absolute atomic E-state index is 3.58. The van der Waals surface area contributed by atoms with Crippen molar-refractivity contribution in [2.75, 3.05) is 27.2 Å². The quantitative estimate of drug-likeness (QED) is 0.678. The lowest BCUT2D eigenvalue weighted by atomic mass is 10.2. The molecule has 1 aromatic heterocycles. The molecule has 3 heteroatoms. The van der Waals surface area contributed by atoms with Gasteiger partial charge in [0.15, 0.2) is 0 Å². The predicted octanol–water partition coefficient (Wildman–Crippen LogP) is 3.52. The standard InChI is InChI=1S/C14H26N2S/c1-4-5-6-7-10-15-12-13(16(2)3)14-9-8-11-17-14/h8-9,11,13,15H,4-7,10,12H2,1-3H3. The van der Waals surface area contributed by atoms with Crippen molar-refractivity contribution in [1.29, 1.82) is 0 Å². The number of nitrogens with one attached hydrogen (secondary N) is 1. The molecule has 0 aromatic carbocycles. The molecule has 1 atom stereocenters. The van der Waals surface area contributed by atoms with E-state index in [1.807, 2.05) is 11.3 Å². The zero-order valence-electron chi connectivity index (χ0n) is 11.4. The van der Waals surface area contributed by atoms with Gasteiger partial charge in [0.05, 0.1) is 6.04 Å². The van der Waals surface area contributed by atoms with E-state index in [0.29, 0.717) is 6.04 Å². The number of thiophene rings is 1. The van der Waals surface area contributed by atoms with Gasteiger partial charge in [0.2, 0.25) is 0 Å². The molecule has 1 heterocycles. The second kappa shape index (κ2) is 8.67. The third-order valence-corrected chi connectivity index (χ3v) is 4.01. The SMILES string of the molecule is CCCCCCNCC(c1cccs1)N(C)C. The van der Waals surface area contributed by atoms with E-state index in [-0.39, 0.29) is 0 Å². The Balaban J connectivity index is 2.22. The van der Waals surface area contributed by atoms with Gasteiger partial charge in [0, 0.05) is 11.4 Å². The summed E-state index contributed by atoms with van der Waals surface area (Å²) in [6, 6.07) is 4.88. The molecule has 0 aliphatic rings. The molecule has 1 unspecified atom stereocenters. The lowest BCUT2D eigenvalue weighted by Gasteiger charge is -2.23. The Morgan fingerprint density at radius 3 is 2.71 bits per heavy atom. The van der Waals surface area contributed by atoms with E-state index in [0.717, 1.165) is 13.1 Å². The van der Waals surface area contributed by atoms with E-state index in [4.69, 9.17) is 0 Å². The first-order chi connectivity index (χ1) is 8.25. The highest BCUT2D eigenvalue weighted by molar-refractivity contribution is 7.10. The van der Waals surface area contributed by atoms with Crippen LogP contribution < -0.4 is 5.32 Å². The van der Waals surface area contributed by atoms with E-state index < -0.39 is 0 Å². The number of nitrogens with zero attached hydrogens (tertiary/aromatic N) is 1. The highest BCUT2D eigenvalue weighted by Crippen LogP contribution is 2.22. The number of rotatable bonds is 9. The molecule has 0 saturated heterocycles. The van der Waals surface area contributed by atoms with E-state index >= 15 is 0 Å². The fraction of sp³-hybridized carbons (Fsp3) is 0.714. The van der Waals surface area contributed by atoms with Gasteiger partial charge in [0.1, 0.15) is 0 Å². The van der Waals surface area contributed by atoms with Crippen molar-refractivity contribution in [1.82, 2.24) is 10.2 Å². The van der Waals surface area contributed by atoms with Crippen LogP contribution in [0.15, 0.2) is 17.5 Å². The van der Waals surface area contributed by atoms with Gasteiger partial charge >= 0.3 is 0 Å². The Hall–Kier alpha value is -0.380. The summed E-state index contributed by atoms with van der Waals surface area (Å²) in [6.07, 6.45) is 5.34. The van der Waals surface area contributed by atoms with Crippen molar-refractivity contribution >= 4 is 11.3 Å². The zero-order chi connectivity index (χ0) is 12.5. The molecule has 0 bridgehead atoms. The van der Waals surface area contributed by atoms with Crippen LogP contribution in [0.2, 0.25) is 0 Å². The summed E-state index contributed by atoms with van der Waals surface area (Å²) < 4.78 is 0. The number of hydrogen-bond acceptors (Lipinski definition) is 3. The maximum Gasteiger partial charge on any atom is 0.0561 e. The minimum Gasteiger partial charge on any atom is -0.315 e. The smallest absolute Gasteiger partial charge is 0.0561 e. The molecular weight excluding hydrogens is 228 g/mol. The van der Waals surface area contributed by atoms with Crippen LogP contribution >= 0.6 is 11.3 Å². The molecule has 0 radical (unpaired) electrons. The number of unbranched alkanes of at least 4 members (excludes halogenated alkanes) is 3. The first kappa shape index (κ1) is 14.7. The predicted molar refractivity (Wildman–Crippen MR) is 77.8 cm³/mol. The molecule has 0 amide bonds. The topological polar surface area (TPSA) is 15.3 Å². The van der Waals surface area contributed by atoms with E-state index in [1.54, 1.807) is 0 Å². The summed E-state index contributed by atoms with van der Waals surface area (Å²) in [5.41, 5.74) is 0. The summed E-state index contributed by atoms with van der Waals surface area (Å²) >= 11 is 1.85.